The number of aromatic nitrogens is 2. The Labute approximate surface area is 45.7 Å². The molecule has 3 nitrogen and oxygen atoms in total. The zero-order chi connectivity index (χ0) is 4.41. The lowest BCUT2D eigenvalue weighted by atomic mass is 11.0. The van der Waals surface area contributed by atoms with Gasteiger partial charge in [0.1, 0.15) is 0 Å². The molecule has 0 aliphatic carbocycles. The second-order valence-electron chi connectivity index (χ2n) is 0.951. The van der Waals surface area contributed by atoms with Crippen molar-refractivity contribution in [2.45, 2.75) is 0 Å². The third-order valence-electron chi connectivity index (χ3n) is 0.512. The van der Waals surface area contributed by atoms with E-state index in [0.717, 1.165) is 0 Å². The van der Waals surface area contributed by atoms with Crippen molar-refractivity contribution < 1.29 is 5.48 Å². The molecule has 1 aromatic heterocycles. The lowest BCUT2D eigenvalue weighted by molar-refractivity contribution is 0.824. The smallest absolute Gasteiger partial charge is 0.174 e. The molecule has 0 aromatic carbocycles. The summed E-state index contributed by atoms with van der Waals surface area (Å²) in [5.74, 6) is 0. The van der Waals surface area contributed by atoms with Crippen LogP contribution in [0.1, 0.15) is 0 Å². The first-order valence-corrected chi connectivity index (χ1v) is 2.02. The van der Waals surface area contributed by atoms with Crippen LogP contribution in [0.5, 0.6) is 0 Å². The van der Waals surface area contributed by atoms with Gasteiger partial charge in [0.2, 0.25) is 0 Å². The molecule has 0 radical (unpaired) electrons. The van der Waals surface area contributed by atoms with E-state index in [1.165, 1.54) is 0 Å². The molecule has 0 bridgehead atoms. The van der Waals surface area contributed by atoms with E-state index < -0.39 is 0 Å². The van der Waals surface area contributed by atoms with E-state index in [4.69, 9.17) is 0 Å². The van der Waals surface area contributed by atoms with Crippen molar-refractivity contribution in [1.82, 2.24) is 9.97 Å². The molecule has 4 N–H and O–H groups in total. The summed E-state index contributed by atoms with van der Waals surface area (Å²) < 4.78 is 0.676. The molecular formula is C3H6N2OS. The van der Waals surface area contributed by atoms with Gasteiger partial charge in [-0.05, 0) is 12.2 Å². The number of rotatable bonds is 0. The fraction of sp³-hybridized carbons (Fsp3) is 0. The van der Waals surface area contributed by atoms with Crippen molar-refractivity contribution in [2.75, 3.05) is 0 Å². The number of imidazole rings is 1. The highest BCUT2D eigenvalue weighted by Gasteiger charge is 1.64. The summed E-state index contributed by atoms with van der Waals surface area (Å²) in [5, 5.41) is 0. The maximum atomic E-state index is 4.63. The van der Waals surface area contributed by atoms with Crippen molar-refractivity contribution in [3.63, 3.8) is 0 Å². The Bertz CT molecular complexity index is 151. The van der Waals surface area contributed by atoms with E-state index in [2.05, 4.69) is 22.2 Å². The van der Waals surface area contributed by atoms with Crippen LogP contribution in [0.25, 0.3) is 0 Å². The predicted octanol–water partition coefficient (Wildman–Crippen LogP) is 0.248. The molecule has 4 heteroatoms. The van der Waals surface area contributed by atoms with Gasteiger partial charge in [-0.1, -0.05) is 0 Å². The van der Waals surface area contributed by atoms with E-state index in [1.807, 2.05) is 0 Å². The Morgan fingerprint density at radius 2 is 1.71 bits per heavy atom. The lowest BCUT2D eigenvalue weighted by Crippen LogP contribution is -1.54. The van der Waals surface area contributed by atoms with Gasteiger partial charge in [0.05, 0.1) is 0 Å². The topological polar surface area (TPSA) is 63.1 Å². The largest absolute Gasteiger partial charge is 0.412 e. The molecule has 0 saturated heterocycles. The zero-order valence-electron chi connectivity index (χ0n) is 3.56. The number of aromatic amines is 2. The second-order valence-corrected chi connectivity index (χ2v) is 1.36. The zero-order valence-corrected chi connectivity index (χ0v) is 4.38. The van der Waals surface area contributed by atoms with Crippen LogP contribution in [-0.4, -0.2) is 15.4 Å². The Morgan fingerprint density at radius 3 is 1.86 bits per heavy atom. The average molecular weight is 118 g/mol. The summed E-state index contributed by atoms with van der Waals surface area (Å²) in [6.07, 6.45) is 3.50. The van der Waals surface area contributed by atoms with Gasteiger partial charge in [0.15, 0.2) is 4.77 Å². The minimum Gasteiger partial charge on any atom is -0.412 e. The van der Waals surface area contributed by atoms with Gasteiger partial charge in [0, 0.05) is 12.4 Å². The fourth-order valence-corrected chi connectivity index (χ4v) is 0.412. The molecule has 1 heterocycles. The predicted molar refractivity (Wildman–Crippen MR) is 29.6 cm³/mol. The second kappa shape index (κ2) is 2.54. The number of hydrogen-bond donors (Lipinski definition) is 2. The van der Waals surface area contributed by atoms with E-state index in [1.54, 1.807) is 12.4 Å². The summed E-state index contributed by atoms with van der Waals surface area (Å²) in [6.45, 7) is 0. The van der Waals surface area contributed by atoms with Crippen LogP contribution >= 0.6 is 12.2 Å². The third kappa shape index (κ3) is 1.52. The van der Waals surface area contributed by atoms with Gasteiger partial charge in [0.25, 0.3) is 0 Å². The first-order chi connectivity index (χ1) is 2.89. The van der Waals surface area contributed by atoms with Crippen LogP contribution in [0.15, 0.2) is 12.4 Å². The van der Waals surface area contributed by atoms with Crippen molar-refractivity contribution in [3.05, 3.63) is 17.2 Å². The monoisotopic (exact) mass is 118 g/mol. The van der Waals surface area contributed by atoms with Crippen molar-refractivity contribution >= 4 is 12.2 Å². The van der Waals surface area contributed by atoms with Crippen LogP contribution in [0, 0.1) is 4.77 Å². The molecule has 0 unspecified atom stereocenters. The summed E-state index contributed by atoms with van der Waals surface area (Å²) in [5.41, 5.74) is 0. The number of hydrogen-bond acceptors (Lipinski definition) is 1. The molecule has 0 fully saturated rings. The van der Waals surface area contributed by atoms with E-state index in [9.17, 15) is 0 Å². The SMILES string of the molecule is O.S=c1[nH]cc[nH]1. The van der Waals surface area contributed by atoms with Gasteiger partial charge in [-0.3, -0.25) is 0 Å². The lowest BCUT2D eigenvalue weighted by Gasteiger charge is -1.56. The minimum absolute atomic E-state index is 0. The molecule has 0 atom stereocenters. The Morgan fingerprint density at radius 1 is 1.29 bits per heavy atom. The van der Waals surface area contributed by atoms with E-state index in [0.29, 0.717) is 4.77 Å². The van der Waals surface area contributed by atoms with Crippen molar-refractivity contribution in [1.29, 1.82) is 0 Å². The molecule has 0 spiro atoms. The van der Waals surface area contributed by atoms with Crippen LogP contribution in [-0.2, 0) is 0 Å². The molecule has 40 valence electrons. The molecule has 0 saturated carbocycles. The molecule has 7 heavy (non-hydrogen) atoms. The summed E-state index contributed by atoms with van der Waals surface area (Å²) in [7, 11) is 0. The van der Waals surface area contributed by atoms with Crippen molar-refractivity contribution in [3.8, 4) is 0 Å². The quantitative estimate of drug-likeness (QED) is 0.471. The molecule has 0 amide bonds. The Kier molecular flexibility index (Phi) is 2.32. The molecule has 0 aliphatic rings. The Balaban J connectivity index is 0.000000360. The highest BCUT2D eigenvalue weighted by Crippen LogP contribution is 1.72. The highest BCUT2D eigenvalue weighted by atomic mass is 32.1. The van der Waals surface area contributed by atoms with Gasteiger partial charge in [-0.25, -0.2) is 0 Å². The van der Waals surface area contributed by atoms with Crippen LogP contribution in [0.3, 0.4) is 0 Å². The number of H-pyrrole nitrogens is 2. The maximum absolute atomic E-state index is 4.63. The normalized spacial score (nSPS) is 7.43. The van der Waals surface area contributed by atoms with Crippen LogP contribution in [0.4, 0.5) is 0 Å². The number of nitrogens with one attached hydrogen (secondary N) is 2. The van der Waals surface area contributed by atoms with Crippen LogP contribution < -0.4 is 0 Å². The first-order valence-electron chi connectivity index (χ1n) is 1.61. The maximum Gasteiger partial charge on any atom is 0.174 e. The highest BCUT2D eigenvalue weighted by molar-refractivity contribution is 7.71. The third-order valence-corrected chi connectivity index (χ3v) is 0.748. The standard InChI is InChI=1S/C3H4N2S.H2O/c6-3-4-1-2-5-3;/h1-2H,(H2,4,5,6);1H2. The molecule has 0 aliphatic heterocycles. The summed E-state index contributed by atoms with van der Waals surface area (Å²) >= 11 is 4.63. The summed E-state index contributed by atoms with van der Waals surface area (Å²) in [6, 6.07) is 0. The first kappa shape index (κ1) is 6.39. The Hall–Kier alpha value is -0.610. The minimum atomic E-state index is 0. The van der Waals surface area contributed by atoms with Gasteiger partial charge >= 0.3 is 0 Å². The fourth-order valence-electron chi connectivity index (χ4n) is 0.276. The molecular weight excluding hydrogens is 112 g/mol. The van der Waals surface area contributed by atoms with Gasteiger partial charge in [-0.2, -0.15) is 0 Å². The van der Waals surface area contributed by atoms with Gasteiger partial charge in [-0.15, -0.1) is 0 Å². The van der Waals surface area contributed by atoms with Crippen LogP contribution in [0.2, 0.25) is 0 Å². The van der Waals surface area contributed by atoms with Gasteiger partial charge < -0.3 is 15.4 Å². The molecule has 1 aromatic rings. The van der Waals surface area contributed by atoms with E-state index >= 15 is 0 Å². The van der Waals surface area contributed by atoms with Crippen molar-refractivity contribution in [2.24, 2.45) is 0 Å². The average Bonchev–Trinajstić information content (AvgIpc) is 1.86. The summed E-state index contributed by atoms with van der Waals surface area (Å²) in [4.78, 5) is 5.52. The van der Waals surface area contributed by atoms with E-state index in [-0.39, 0.29) is 5.48 Å². The molecule has 1 rings (SSSR count).